The summed E-state index contributed by atoms with van der Waals surface area (Å²) in [5.74, 6) is 0.601. The molecule has 1 heterocycles. The van der Waals surface area contributed by atoms with Gasteiger partial charge in [0, 0.05) is 17.1 Å². The van der Waals surface area contributed by atoms with Crippen LogP contribution in [0.15, 0.2) is 54.6 Å². The van der Waals surface area contributed by atoms with Crippen LogP contribution in [-0.4, -0.2) is 15.7 Å². The average Bonchev–Trinajstić information content (AvgIpc) is 3.30. The molecule has 1 fully saturated rings. The number of aromatic hydroxyl groups is 1. The highest BCUT2D eigenvalue weighted by Crippen LogP contribution is 2.41. The van der Waals surface area contributed by atoms with E-state index in [4.69, 9.17) is 0 Å². The zero-order valence-corrected chi connectivity index (χ0v) is 12.0. The van der Waals surface area contributed by atoms with Crippen LogP contribution in [0.4, 0.5) is 10.5 Å². The van der Waals surface area contributed by atoms with Crippen LogP contribution in [-0.2, 0) is 0 Å². The second kappa shape index (κ2) is 4.91. The Kier molecular flexibility index (Phi) is 2.89. The predicted octanol–water partition coefficient (Wildman–Crippen LogP) is 4.30. The molecule has 22 heavy (non-hydrogen) atoms. The molecule has 4 rings (SSSR count). The second-order valence-corrected chi connectivity index (χ2v) is 5.73. The first-order chi connectivity index (χ1) is 10.7. The molecule has 0 bridgehead atoms. The molecule has 0 radical (unpaired) electrons. The zero-order valence-electron chi connectivity index (χ0n) is 12.0. The molecule has 1 aliphatic carbocycles. The summed E-state index contributed by atoms with van der Waals surface area (Å²) >= 11 is 0. The largest absolute Gasteiger partial charge is 0.494 e. The van der Waals surface area contributed by atoms with Gasteiger partial charge in [0.25, 0.3) is 0 Å². The van der Waals surface area contributed by atoms with Crippen LogP contribution in [0.5, 0.6) is 5.88 Å². The number of anilines is 1. The van der Waals surface area contributed by atoms with Gasteiger partial charge in [-0.2, -0.15) is 0 Å². The molecule has 2 aromatic carbocycles. The van der Waals surface area contributed by atoms with E-state index in [-0.39, 0.29) is 11.9 Å². The molecule has 4 heteroatoms. The van der Waals surface area contributed by atoms with Crippen LogP contribution < -0.4 is 5.32 Å². The van der Waals surface area contributed by atoms with Gasteiger partial charge < -0.3 is 10.4 Å². The Labute approximate surface area is 128 Å². The number of nitrogens with zero attached hydrogens (tertiary/aromatic N) is 1. The Morgan fingerprint density at radius 1 is 1.09 bits per heavy atom. The highest BCUT2D eigenvalue weighted by atomic mass is 16.3. The van der Waals surface area contributed by atoms with Gasteiger partial charge in [0.2, 0.25) is 0 Å². The van der Waals surface area contributed by atoms with E-state index < -0.39 is 0 Å². The first-order valence-corrected chi connectivity index (χ1v) is 7.43. The third-order valence-corrected chi connectivity index (χ3v) is 4.08. The third kappa shape index (κ3) is 2.22. The highest BCUT2D eigenvalue weighted by Gasteiger charge is 2.24. The minimum atomic E-state index is -0.363. The summed E-state index contributed by atoms with van der Waals surface area (Å²) in [6.45, 7) is 0. The normalized spacial score (nSPS) is 14.2. The summed E-state index contributed by atoms with van der Waals surface area (Å²) in [6, 6.07) is 16.5. The lowest BCUT2D eigenvalue weighted by molar-refractivity contribution is 0.251. The Morgan fingerprint density at radius 2 is 1.86 bits per heavy atom. The molecule has 0 saturated heterocycles. The zero-order chi connectivity index (χ0) is 15.1. The summed E-state index contributed by atoms with van der Waals surface area (Å²) in [7, 11) is 0. The summed E-state index contributed by atoms with van der Waals surface area (Å²) in [4.78, 5) is 12.4. The van der Waals surface area contributed by atoms with E-state index in [0.717, 1.165) is 10.9 Å². The number of hydrogen-bond acceptors (Lipinski definition) is 2. The van der Waals surface area contributed by atoms with Gasteiger partial charge in [-0.1, -0.05) is 24.3 Å². The van der Waals surface area contributed by atoms with Crippen molar-refractivity contribution in [2.45, 2.75) is 18.8 Å². The average molecular weight is 292 g/mol. The lowest BCUT2D eigenvalue weighted by Crippen LogP contribution is -2.18. The SMILES string of the molecule is O=C(Nc1ccccc1)n1c(O)cc2cc(C3CC3)ccc21. The molecule has 1 aliphatic rings. The van der Waals surface area contributed by atoms with E-state index in [2.05, 4.69) is 11.4 Å². The van der Waals surface area contributed by atoms with E-state index in [1.54, 1.807) is 6.07 Å². The van der Waals surface area contributed by atoms with E-state index >= 15 is 0 Å². The van der Waals surface area contributed by atoms with Gasteiger partial charge in [0.15, 0.2) is 5.88 Å². The van der Waals surface area contributed by atoms with Crippen LogP contribution in [0.1, 0.15) is 24.3 Å². The van der Waals surface area contributed by atoms with Crippen LogP contribution >= 0.6 is 0 Å². The molecule has 0 spiro atoms. The number of rotatable bonds is 2. The maximum absolute atomic E-state index is 12.4. The molecular weight excluding hydrogens is 276 g/mol. The van der Waals surface area contributed by atoms with Crippen LogP contribution in [0.3, 0.4) is 0 Å². The number of aromatic nitrogens is 1. The number of fused-ring (bicyclic) bond motifs is 1. The van der Waals surface area contributed by atoms with Crippen molar-refractivity contribution in [3.63, 3.8) is 0 Å². The summed E-state index contributed by atoms with van der Waals surface area (Å²) in [6.07, 6.45) is 2.46. The van der Waals surface area contributed by atoms with Crippen LogP contribution in [0.25, 0.3) is 10.9 Å². The molecule has 1 aromatic heterocycles. The van der Waals surface area contributed by atoms with Gasteiger partial charge in [-0.25, -0.2) is 9.36 Å². The smallest absolute Gasteiger partial charge is 0.333 e. The minimum absolute atomic E-state index is 0.0450. The van der Waals surface area contributed by atoms with Gasteiger partial charge in [-0.05, 0) is 48.6 Å². The fourth-order valence-corrected chi connectivity index (χ4v) is 2.80. The van der Waals surface area contributed by atoms with Crippen molar-refractivity contribution in [2.24, 2.45) is 0 Å². The van der Waals surface area contributed by atoms with E-state index in [1.807, 2.05) is 42.5 Å². The fourth-order valence-electron chi connectivity index (χ4n) is 2.80. The molecule has 0 aliphatic heterocycles. The predicted molar refractivity (Wildman–Crippen MR) is 86.4 cm³/mol. The second-order valence-electron chi connectivity index (χ2n) is 5.73. The Bertz CT molecular complexity index is 848. The fraction of sp³-hybridized carbons (Fsp3) is 0.167. The number of hydrogen-bond donors (Lipinski definition) is 2. The molecular formula is C18H16N2O2. The summed E-state index contributed by atoms with van der Waals surface area (Å²) in [5.41, 5.74) is 2.70. The third-order valence-electron chi connectivity index (χ3n) is 4.08. The Balaban J connectivity index is 1.71. The quantitative estimate of drug-likeness (QED) is 0.739. The van der Waals surface area contributed by atoms with Crippen molar-refractivity contribution in [1.82, 2.24) is 4.57 Å². The van der Waals surface area contributed by atoms with Crippen molar-refractivity contribution in [3.8, 4) is 5.88 Å². The number of benzene rings is 2. The lowest BCUT2D eigenvalue weighted by atomic mass is 10.1. The summed E-state index contributed by atoms with van der Waals surface area (Å²) in [5, 5.41) is 13.8. The molecule has 4 nitrogen and oxygen atoms in total. The van der Waals surface area contributed by atoms with E-state index in [0.29, 0.717) is 11.6 Å². The van der Waals surface area contributed by atoms with Crippen molar-refractivity contribution in [3.05, 3.63) is 60.2 Å². The monoisotopic (exact) mass is 292 g/mol. The Morgan fingerprint density at radius 3 is 2.59 bits per heavy atom. The van der Waals surface area contributed by atoms with Gasteiger partial charge in [0.05, 0.1) is 5.52 Å². The molecule has 1 amide bonds. The van der Waals surface area contributed by atoms with Crippen molar-refractivity contribution < 1.29 is 9.90 Å². The topological polar surface area (TPSA) is 54.3 Å². The maximum Gasteiger partial charge on any atom is 0.333 e. The highest BCUT2D eigenvalue weighted by molar-refractivity contribution is 6.00. The lowest BCUT2D eigenvalue weighted by Gasteiger charge is -2.08. The van der Waals surface area contributed by atoms with E-state index in [1.165, 1.54) is 23.0 Å². The Hall–Kier alpha value is -2.75. The maximum atomic E-state index is 12.4. The van der Waals surface area contributed by atoms with Gasteiger partial charge in [-0.15, -0.1) is 0 Å². The van der Waals surface area contributed by atoms with Crippen molar-refractivity contribution in [2.75, 3.05) is 5.32 Å². The first-order valence-electron chi connectivity index (χ1n) is 7.43. The molecule has 2 N–H and O–H groups in total. The molecule has 0 atom stereocenters. The number of para-hydroxylation sites is 1. The minimum Gasteiger partial charge on any atom is -0.494 e. The van der Waals surface area contributed by atoms with Crippen molar-refractivity contribution in [1.29, 1.82) is 0 Å². The van der Waals surface area contributed by atoms with Crippen molar-refractivity contribution >= 4 is 22.6 Å². The van der Waals surface area contributed by atoms with Crippen LogP contribution in [0, 0.1) is 0 Å². The van der Waals surface area contributed by atoms with Gasteiger partial charge in [0.1, 0.15) is 0 Å². The molecule has 110 valence electrons. The number of amides is 1. The van der Waals surface area contributed by atoms with Gasteiger partial charge in [-0.3, -0.25) is 0 Å². The standard InChI is InChI=1S/C18H16N2O2/c21-17-11-14-10-13(12-6-7-12)8-9-16(14)20(17)18(22)19-15-4-2-1-3-5-15/h1-5,8-12,21H,6-7H2,(H,19,22). The molecule has 1 saturated carbocycles. The molecule has 0 unspecified atom stereocenters. The first kappa shape index (κ1) is 13.0. The number of carbonyl (C=O) groups is 1. The molecule has 3 aromatic rings. The van der Waals surface area contributed by atoms with E-state index in [9.17, 15) is 9.90 Å². The van der Waals surface area contributed by atoms with Gasteiger partial charge >= 0.3 is 6.03 Å². The summed E-state index contributed by atoms with van der Waals surface area (Å²) < 4.78 is 1.30. The van der Waals surface area contributed by atoms with Crippen LogP contribution in [0.2, 0.25) is 0 Å². The number of nitrogens with one attached hydrogen (secondary N) is 1. The number of carbonyl (C=O) groups excluding carboxylic acids is 1.